The van der Waals surface area contributed by atoms with Crippen molar-refractivity contribution in [1.29, 1.82) is 0 Å². The highest BCUT2D eigenvalue weighted by Crippen LogP contribution is 2.26. The number of nitrogens with one attached hydrogen (secondary N) is 2. The highest BCUT2D eigenvalue weighted by molar-refractivity contribution is 5.68. The van der Waals surface area contributed by atoms with Crippen LogP contribution in [0.15, 0.2) is 48.7 Å². The van der Waals surface area contributed by atoms with Crippen molar-refractivity contribution in [2.75, 3.05) is 17.3 Å². The summed E-state index contributed by atoms with van der Waals surface area (Å²) in [6.07, 6.45) is 4.98. The van der Waals surface area contributed by atoms with Gasteiger partial charge >= 0.3 is 6.09 Å². The predicted octanol–water partition coefficient (Wildman–Crippen LogP) is 5.26. The van der Waals surface area contributed by atoms with Crippen molar-refractivity contribution in [2.24, 2.45) is 0 Å². The van der Waals surface area contributed by atoms with Crippen LogP contribution in [0.1, 0.15) is 52.1 Å². The Bertz CT molecular complexity index is 1170. The first-order chi connectivity index (χ1) is 17.2. The lowest BCUT2D eigenvalue weighted by molar-refractivity contribution is 0.0492. The molecule has 4 rings (SSSR count). The van der Waals surface area contributed by atoms with Gasteiger partial charge in [0.1, 0.15) is 17.2 Å². The smallest absolute Gasteiger partial charge is 0.407 e. The van der Waals surface area contributed by atoms with E-state index in [1.165, 1.54) is 0 Å². The van der Waals surface area contributed by atoms with Crippen LogP contribution in [0.5, 0.6) is 0 Å². The normalized spacial score (nSPS) is 17.8. The number of hydrogen-bond donors (Lipinski definition) is 2. The van der Waals surface area contributed by atoms with Crippen LogP contribution in [0.25, 0.3) is 11.4 Å². The minimum absolute atomic E-state index is 0.120. The van der Waals surface area contributed by atoms with Gasteiger partial charge in [-0.3, -0.25) is 0 Å². The van der Waals surface area contributed by atoms with Crippen LogP contribution in [-0.2, 0) is 4.74 Å². The van der Waals surface area contributed by atoms with Crippen LogP contribution in [0.4, 0.5) is 22.4 Å². The maximum Gasteiger partial charge on any atom is 0.407 e. The summed E-state index contributed by atoms with van der Waals surface area (Å²) in [5, 5.41) is 6.48. The Hall–Kier alpha value is -3.75. The van der Waals surface area contributed by atoms with Crippen molar-refractivity contribution in [2.45, 2.75) is 71.1 Å². The highest BCUT2D eigenvalue weighted by atomic mass is 16.6. The minimum atomic E-state index is -0.495. The monoisotopic (exact) mass is 489 g/mol. The molecule has 36 heavy (non-hydrogen) atoms. The average Bonchev–Trinajstić information content (AvgIpc) is 2.84. The van der Waals surface area contributed by atoms with E-state index in [9.17, 15) is 4.79 Å². The standard InChI is InChI=1S/C27H35N7O2/c1-18-17-23(34(5)22-15-16-28-24(32-22)19-9-7-6-8-10-19)33-25(29-18)30-20-11-13-21(14-12-20)31-26(35)36-27(2,3)4/h6-10,15-17,20-21H,11-14H2,1-5H3,(H,31,35)(H,29,30,33). The van der Waals surface area contributed by atoms with E-state index in [1.807, 2.05) is 82.1 Å². The van der Waals surface area contributed by atoms with Crippen molar-refractivity contribution in [3.63, 3.8) is 0 Å². The number of hydrogen-bond acceptors (Lipinski definition) is 8. The van der Waals surface area contributed by atoms with Crippen LogP contribution in [0.2, 0.25) is 0 Å². The van der Waals surface area contributed by atoms with Gasteiger partial charge in [0.25, 0.3) is 0 Å². The van der Waals surface area contributed by atoms with Crippen LogP contribution in [-0.4, -0.2) is 50.8 Å². The van der Waals surface area contributed by atoms with Crippen molar-refractivity contribution in [3.8, 4) is 11.4 Å². The topological polar surface area (TPSA) is 105 Å². The SMILES string of the molecule is Cc1cc(N(C)c2ccnc(-c3ccccc3)n2)nc(NC2CCC(NC(=O)OC(C)(C)C)CC2)n1. The van der Waals surface area contributed by atoms with Crippen molar-refractivity contribution in [1.82, 2.24) is 25.3 Å². The second-order valence-electron chi connectivity index (χ2n) is 10.2. The molecule has 9 heteroatoms. The first-order valence-electron chi connectivity index (χ1n) is 12.4. The number of rotatable bonds is 6. The van der Waals surface area contributed by atoms with Gasteiger partial charge in [-0.05, 0) is 59.4 Å². The third-order valence-corrected chi connectivity index (χ3v) is 5.98. The molecule has 0 radical (unpaired) electrons. The number of aromatic nitrogens is 4. The minimum Gasteiger partial charge on any atom is -0.444 e. The Kier molecular flexibility index (Phi) is 7.67. The molecule has 2 aromatic heterocycles. The van der Waals surface area contributed by atoms with E-state index in [-0.39, 0.29) is 18.2 Å². The second-order valence-corrected chi connectivity index (χ2v) is 10.2. The molecule has 0 bridgehead atoms. The number of nitrogens with zero attached hydrogens (tertiary/aromatic N) is 5. The van der Waals surface area contributed by atoms with Crippen LogP contribution in [0.3, 0.4) is 0 Å². The molecule has 0 aliphatic heterocycles. The van der Waals surface area contributed by atoms with E-state index in [1.54, 1.807) is 6.20 Å². The van der Waals surface area contributed by atoms with Gasteiger partial charge in [-0.2, -0.15) is 4.98 Å². The number of anilines is 3. The van der Waals surface area contributed by atoms with E-state index < -0.39 is 5.60 Å². The van der Waals surface area contributed by atoms with Gasteiger partial charge in [-0.15, -0.1) is 0 Å². The molecule has 1 saturated carbocycles. The third kappa shape index (κ3) is 6.90. The van der Waals surface area contributed by atoms with Crippen molar-refractivity contribution >= 4 is 23.7 Å². The van der Waals surface area contributed by atoms with Crippen LogP contribution in [0, 0.1) is 6.92 Å². The van der Waals surface area contributed by atoms with Crippen LogP contribution >= 0.6 is 0 Å². The van der Waals surface area contributed by atoms with Gasteiger partial charge < -0.3 is 20.3 Å². The summed E-state index contributed by atoms with van der Waals surface area (Å²) < 4.78 is 5.38. The quantitative estimate of drug-likeness (QED) is 0.483. The molecule has 1 amide bonds. The zero-order chi connectivity index (χ0) is 25.7. The molecule has 0 spiro atoms. The number of ether oxygens (including phenoxy) is 1. The van der Waals surface area contributed by atoms with E-state index in [0.717, 1.165) is 48.6 Å². The first kappa shape index (κ1) is 25.3. The number of carbonyl (C=O) groups is 1. The maximum absolute atomic E-state index is 12.1. The summed E-state index contributed by atoms with van der Waals surface area (Å²) in [6, 6.07) is 14.1. The van der Waals surface area contributed by atoms with Crippen molar-refractivity contribution in [3.05, 3.63) is 54.4 Å². The molecular formula is C27H35N7O2. The summed E-state index contributed by atoms with van der Waals surface area (Å²) in [4.78, 5) is 32.5. The first-order valence-corrected chi connectivity index (χ1v) is 12.4. The Labute approximate surface area is 212 Å². The highest BCUT2D eigenvalue weighted by Gasteiger charge is 2.25. The molecule has 3 aromatic rings. The Morgan fingerprint density at radius 1 is 0.972 bits per heavy atom. The third-order valence-electron chi connectivity index (χ3n) is 5.98. The van der Waals surface area contributed by atoms with E-state index in [2.05, 4.69) is 20.6 Å². The summed E-state index contributed by atoms with van der Waals surface area (Å²) in [5.41, 5.74) is 1.34. The molecule has 1 fully saturated rings. The molecular weight excluding hydrogens is 454 g/mol. The Balaban J connectivity index is 1.39. The molecule has 9 nitrogen and oxygen atoms in total. The number of benzene rings is 1. The summed E-state index contributed by atoms with van der Waals surface area (Å²) >= 11 is 0. The van der Waals surface area contributed by atoms with Gasteiger partial charge in [0.15, 0.2) is 5.82 Å². The Morgan fingerprint density at radius 2 is 1.67 bits per heavy atom. The van der Waals surface area contributed by atoms with Crippen molar-refractivity contribution < 1.29 is 9.53 Å². The van der Waals surface area contributed by atoms with E-state index >= 15 is 0 Å². The number of aryl methyl sites for hydroxylation is 1. The molecule has 2 N–H and O–H groups in total. The lowest BCUT2D eigenvalue weighted by Gasteiger charge is -2.30. The zero-order valence-corrected chi connectivity index (χ0v) is 21.7. The molecule has 0 unspecified atom stereocenters. The van der Waals surface area contributed by atoms with Crippen LogP contribution < -0.4 is 15.5 Å². The van der Waals surface area contributed by atoms with E-state index in [4.69, 9.17) is 14.7 Å². The lowest BCUT2D eigenvalue weighted by atomic mass is 9.91. The predicted molar refractivity (Wildman–Crippen MR) is 141 cm³/mol. The zero-order valence-electron chi connectivity index (χ0n) is 21.7. The van der Waals surface area contributed by atoms with Gasteiger partial charge in [-0.1, -0.05) is 30.3 Å². The maximum atomic E-state index is 12.1. The Morgan fingerprint density at radius 3 is 2.36 bits per heavy atom. The summed E-state index contributed by atoms with van der Waals surface area (Å²) in [7, 11) is 1.94. The fourth-order valence-corrected chi connectivity index (χ4v) is 4.21. The fourth-order valence-electron chi connectivity index (χ4n) is 4.21. The molecule has 1 aromatic carbocycles. The largest absolute Gasteiger partial charge is 0.444 e. The molecule has 190 valence electrons. The summed E-state index contributed by atoms with van der Waals surface area (Å²) in [6.45, 7) is 7.57. The average molecular weight is 490 g/mol. The molecule has 1 aliphatic rings. The lowest BCUT2D eigenvalue weighted by Crippen LogP contribution is -2.42. The van der Waals surface area contributed by atoms with Gasteiger partial charge in [-0.25, -0.2) is 19.7 Å². The van der Waals surface area contributed by atoms with Gasteiger partial charge in [0.2, 0.25) is 5.95 Å². The fraction of sp³-hybridized carbons (Fsp3) is 0.444. The summed E-state index contributed by atoms with van der Waals surface area (Å²) in [5.74, 6) is 2.77. The van der Waals surface area contributed by atoms with E-state index in [0.29, 0.717) is 11.8 Å². The molecule has 2 heterocycles. The number of amides is 1. The number of alkyl carbamates (subject to hydrolysis) is 1. The van der Waals surface area contributed by atoms with Gasteiger partial charge in [0.05, 0.1) is 0 Å². The second kappa shape index (κ2) is 10.9. The van der Waals surface area contributed by atoms with Gasteiger partial charge in [0, 0.05) is 42.7 Å². The molecule has 0 atom stereocenters. The number of carbonyl (C=O) groups excluding carboxylic acids is 1. The molecule has 1 aliphatic carbocycles. The molecule has 0 saturated heterocycles.